The van der Waals surface area contributed by atoms with Gasteiger partial charge in [-0.25, -0.2) is 0 Å². The van der Waals surface area contributed by atoms with Crippen molar-refractivity contribution < 1.29 is 53.1 Å². The Kier molecular flexibility index (Phi) is 8.05. The van der Waals surface area contributed by atoms with E-state index < -0.39 is 66.4 Å². The Morgan fingerprint density at radius 3 is 2.03 bits per heavy atom. The highest BCUT2D eigenvalue weighted by Crippen LogP contribution is 2.42. The van der Waals surface area contributed by atoms with Gasteiger partial charge in [0.2, 0.25) is 11.9 Å². The zero-order valence-electron chi connectivity index (χ0n) is 17.7. The third kappa shape index (κ3) is 5.87. The van der Waals surface area contributed by atoms with Gasteiger partial charge in [0.05, 0.1) is 5.02 Å². The van der Waals surface area contributed by atoms with Gasteiger partial charge in [0.15, 0.2) is 12.2 Å². The molecule has 1 saturated heterocycles. The molecule has 0 unspecified atom stereocenters. The van der Waals surface area contributed by atoms with E-state index in [2.05, 4.69) is 0 Å². The van der Waals surface area contributed by atoms with Gasteiger partial charge < -0.3 is 33.9 Å². The number of rotatable bonds is 6. The molecule has 0 aliphatic carbocycles. The van der Waals surface area contributed by atoms with E-state index in [0.29, 0.717) is 0 Å². The molecule has 2 rings (SSSR count). The number of esters is 4. The quantitative estimate of drug-likeness (QED) is 0.447. The first-order chi connectivity index (χ1) is 14.8. The summed E-state index contributed by atoms with van der Waals surface area (Å²) in [5, 5.41) is 21.5. The summed E-state index contributed by atoms with van der Waals surface area (Å²) >= 11 is 5.83. The van der Waals surface area contributed by atoms with Crippen LogP contribution in [0.15, 0.2) is 18.2 Å². The van der Waals surface area contributed by atoms with Gasteiger partial charge in [-0.1, -0.05) is 17.7 Å². The summed E-state index contributed by atoms with van der Waals surface area (Å²) < 4.78 is 26.4. The molecule has 5 atom stereocenters. The number of phenolic OH excluding ortho intramolecular Hbond substituents is 1. The second-order valence-electron chi connectivity index (χ2n) is 7.00. The van der Waals surface area contributed by atoms with Gasteiger partial charge in [0.1, 0.15) is 18.5 Å². The van der Waals surface area contributed by atoms with Crippen molar-refractivity contribution in [2.24, 2.45) is 0 Å². The molecule has 1 fully saturated rings. The topological polar surface area (TPSA) is 155 Å². The second kappa shape index (κ2) is 10.2. The van der Waals surface area contributed by atoms with Gasteiger partial charge >= 0.3 is 23.9 Å². The molecule has 1 heterocycles. The van der Waals surface area contributed by atoms with Crippen LogP contribution in [-0.2, 0) is 48.6 Å². The Balaban J connectivity index is 2.66. The maximum absolute atomic E-state index is 11.8. The van der Waals surface area contributed by atoms with E-state index in [1.165, 1.54) is 12.1 Å². The monoisotopic (exact) mass is 474 g/mol. The number of halogens is 1. The first-order valence-electron chi connectivity index (χ1n) is 9.39. The molecule has 2 N–H and O–H groups in total. The summed E-state index contributed by atoms with van der Waals surface area (Å²) in [4.78, 5) is 46.7. The van der Waals surface area contributed by atoms with Crippen LogP contribution in [-0.4, -0.2) is 65.1 Å². The summed E-state index contributed by atoms with van der Waals surface area (Å²) in [7, 11) is 0. The maximum atomic E-state index is 11.8. The molecular weight excluding hydrogens is 452 g/mol. The van der Waals surface area contributed by atoms with Crippen molar-refractivity contribution in [2.45, 2.75) is 57.9 Å². The minimum atomic E-state index is -2.53. The molecule has 1 aliphatic heterocycles. The molecule has 0 saturated carbocycles. The molecular formula is C20H23ClO11. The summed E-state index contributed by atoms with van der Waals surface area (Å²) in [6.45, 7) is 3.78. The number of carbonyl (C=O) groups is 4. The van der Waals surface area contributed by atoms with Crippen LogP contribution in [0.2, 0.25) is 5.02 Å². The zero-order chi connectivity index (χ0) is 24.2. The molecule has 11 nitrogen and oxygen atoms in total. The normalized spacial score (nSPS) is 27.2. The van der Waals surface area contributed by atoms with Crippen LogP contribution >= 0.6 is 11.6 Å². The predicted molar refractivity (Wildman–Crippen MR) is 105 cm³/mol. The smallest absolute Gasteiger partial charge is 0.303 e. The van der Waals surface area contributed by atoms with E-state index in [1.807, 2.05) is 0 Å². The Bertz CT molecular complexity index is 902. The molecule has 176 valence electrons. The lowest BCUT2D eigenvalue weighted by molar-refractivity contribution is -0.360. The number of aliphatic hydroxyl groups is 1. The summed E-state index contributed by atoms with van der Waals surface area (Å²) in [6, 6.07) is 3.58. The Hall–Kier alpha value is -2.89. The van der Waals surface area contributed by atoms with Crippen LogP contribution in [0.5, 0.6) is 5.75 Å². The highest BCUT2D eigenvalue weighted by Gasteiger charge is 2.60. The molecule has 0 bridgehead atoms. The first-order valence-corrected chi connectivity index (χ1v) is 9.77. The van der Waals surface area contributed by atoms with Crippen molar-refractivity contribution in [3.05, 3.63) is 28.8 Å². The molecule has 0 radical (unpaired) electrons. The van der Waals surface area contributed by atoms with Crippen molar-refractivity contribution in [1.82, 2.24) is 0 Å². The van der Waals surface area contributed by atoms with Crippen molar-refractivity contribution in [3.63, 3.8) is 0 Å². The molecule has 0 amide bonds. The van der Waals surface area contributed by atoms with Crippen LogP contribution in [0.1, 0.15) is 33.3 Å². The maximum Gasteiger partial charge on any atom is 0.303 e. The van der Waals surface area contributed by atoms with Crippen molar-refractivity contribution >= 4 is 35.5 Å². The average molecular weight is 475 g/mol. The second-order valence-corrected chi connectivity index (χ2v) is 7.41. The lowest BCUT2D eigenvalue weighted by Crippen LogP contribution is -2.66. The molecule has 0 spiro atoms. The summed E-state index contributed by atoms with van der Waals surface area (Å²) in [6.07, 6.45) is -6.11. The van der Waals surface area contributed by atoms with Crippen LogP contribution in [0.25, 0.3) is 0 Å². The zero-order valence-corrected chi connectivity index (χ0v) is 18.5. The highest BCUT2D eigenvalue weighted by molar-refractivity contribution is 6.32. The lowest BCUT2D eigenvalue weighted by atomic mass is 9.87. The van der Waals surface area contributed by atoms with Gasteiger partial charge in [0, 0.05) is 33.3 Å². The number of hydrogen-bond donors (Lipinski definition) is 2. The molecule has 12 heteroatoms. The van der Waals surface area contributed by atoms with E-state index in [-0.39, 0.29) is 10.6 Å². The van der Waals surface area contributed by atoms with Gasteiger partial charge in [-0.2, -0.15) is 0 Å². The van der Waals surface area contributed by atoms with E-state index >= 15 is 0 Å². The van der Waals surface area contributed by atoms with Gasteiger partial charge in [-0.3, -0.25) is 19.2 Å². The number of hydrogen-bond acceptors (Lipinski definition) is 11. The largest absolute Gasteiger partial charge is 0.506 e. The van der Waals surface area contributed by atoms with Crippen molar-refractivity contribution in [1.29, 1.82) is 0 Å². The Morgan fingerprint density at radius 1 is 0.969 bits per heavy atom. The molecule has 32 heavy (non-hydrogen) atoms. The fraction of sp³-hybridized carbons (Fsp3) is 0.500. The molecule has 1 aliphatic rings. The standard InChI is InChI=1S/C20H23ClO11/c1-9(22)28-8-16-17(29-10(2)23)18(30-11(3)24)19(31-12(4)25)20(27,32-16)13-5-6-14(21)15(26)7-13/h5-7,16-19,26-27H,8H2,1-4H3/t16-,17-,18+,19-,20-/m1/s1. The third-order valence-electron chi connectivity index (χ3n) is 4.41. The van der Waals surface area contributed by atoms with Gasteiger partial charge in [-0.15, -0.1) is 0 Å². The van der Waals surface area contributed by atoms with Gasteiger partial charge in [-0.05, 0) is 12.1 Å². The Labute approximate surface area is 188 Å². The molecule has 1 aromatic rings. The van der Waals surface area contributed by atoms with Crippen LogP contribution in [0.3, 0.4) is 0 Å². The van der Waals surface area contributed by atoms with E-state index in [0.717, 1.165) is 33.8 Å². The summed E-state index contributed by atoms with van der Waals surface area (Å²) in [5.74, 6) is -6.19. The van der Waals surface area contributed by atoms with E-state index in [1.54, 1.807) is 0 Å². The van der Waals surface area contributed by atoms with E-state index in [4.69, 9.17) is 35.3 Å². The molecule has 0 aromatic heterocycles. The van der Waals surface area contributed by atoms with Crippen LogP contribution in [0.4, 0.5) is 0 Å². The number of benzene rings is 1. The number of carbonyl (C=O) groups excluding carboxylic acids is 4. The number of aromatic hydroxyl groups is 1. The van der Waals surface area contributed by atoms with Crippen molar-refractivity contribution in [3.8, 4) is 5.75 Å². The third-order valence-corrected chi connectivity index (χ3v) is 4.73. The predicted octanol–water partition coefficient (Wildman–Crippen LogP) is 0.948. The van der Waals surface area contributed by atoms with Gasteiger partial charge in [0.25, 0.3) is 0 Å². The van der Waals surface area contributed by atoms with E-state index in [9.17, 15) is 29.4 Å². The molecule has 1 aromatic carbocycles. The van der Waals surface area contributed by atoms with Crippen LogP contribution < -0.4 is 0 Å². The fourth-order valence-corrected chi connectivity index (χ4v) is 3.37. The summed E-state index contributed by atoms with van der Waals surface area (Å²) in [5.41, 5.74) is -0.128. The number of ether oxygens (including phenoxy) is 5. The first kappa shape index (κ1) is 25.4. The Morgan fingerprint density at radius 2 is 1.53 bits per heavy atom. The minimum Gasteiger partial charge on any atom is -0.506 e. The van der Waals surface area contributed by atoms with Crippen molar-refractivity contribution in [2.75, 3.05) is 6.61 Å². The van der Waals surface area contributed by atoms with Crippen LogP contribution in [0, 0.1) is 0 Å². The SMILES string of the molecule is CC(=O)OC[C@H]1O[C@](O)(c2ccc(Cl)c(O)c2)[C@H](OC(C)=O)[C@@H](OC(C)=O)[C@@H]1OC(C)=O. The lowest BCUT2D eigenvalue weighted by Gasteiger charge is -2.48. The number of phenols is 1. The minimum absolute atomic E-state index is 0.0389. The highest BCUT2D eigenvalue weighted by atomic mass is 35.5. The fourth-order valence-electron chi connectivity index (χ4n) is 3.25. The average Bonchev–Trinajstić information content (AvgIpc) is 2.66.